The maximum Gasteiger partial charge on any atom is 0.261 e. The van der Waals surface area contributed by atoms with Crippen LogP contribution < -0.4 is 19.9 Å². The highest BCUT2D eigenvalue weighted by atomic mass is 16.5. The van der Waals surface area contributed by atoms with E-state index in [0.29, 0.717) is 12.3 Å². The molecule has 4 heterocycles. The van der Waals surface area contributed by atoms with Crippen LogP contribution in [0, 0.1) is 0 Å². The Bertz CT molecular complexity index is 1490. The van der Waals surface area contributed by atoms with Gasteiger partial charge in [-0.2, -0.15) is 4.57 Å². The molecule has 2 aromatic heterocycles. The summed E-state index contributed by atoms with van der Waals surface area (Å²) in [5.74, 6) is 0.507. The van der Waals surface area contributed by atoms with E-state index in [9.17, 15) is 4.79 Å². The van der Waals surface area contributed by atoms with Gasteiger partial charge in [-0.05, 0) is 37.2 Å². The van der Waals surface area contributed by atoms with Gasteiger partial charge >= 0.3 is 0 Å². The van der Waals surface area contributed by atoms with Crippen molar-refractivity contribution in [3.63, 3.8) is 0 Å². The van der Waals surface area contributed by atoms with Crippen LogP contribution in [0.3, 0.4) is 0 Å². The number of hydrogen-bond donors (Lipinski definition) is 2. The predicted molar refractivity (Wildman–Crippen MR) is 159 cm³/mol. The Labute approximate surface area is 240 Å². The van der Waals surface area contributed by atoms with Gasteiger partial charge in [-0.1, -0.05) is 12.1 Å². The van der Waals surface area contributed by atoms with Gasteiger partial charge in [0.2, 0.25) is 11.1 Å². The number of hydrogen-bond acceptors (Lipinski definition) is 8. The Kier molecular flexibility index (Phi) is 8.81. The maximum absolute atomic E-state index is 12.4. The molecule has 0 spiro atoms. The molecule has 0 bridgehead atoms. The van der Waals surface area contributed by atoms with E-state index >= 15 is 0 Å². The van der Waals surface area contributed by atoms with Crippen LogP contribution in [0.15, 0.2) is 46.9 Å². The summed E-state index contributed by atoms with van der Waals surface area (Å²) in [6.07, 6.45) is 1.03. The third-order valence-corrected chi connectivity index (χ3v) is 8.01. The number of aromatic nitrogens is 1. The van der Waals surface area contributed by atoms with E-state index in [-0.39, 0.29) is 12.5 Å². The van der Waals surface area contributed by atoms with E-state index < -0.39 is 0 Å². The number of carbonyl (C=O) groups excluding carboxylic acids is 1. The number of amides is 1. The summed E-state index contributed by atoms with van der Waals surface area (Å²) in [5, 5.41) is 8.73. The fourth-order valence-corrected chi connectivity index (χ4v) is 5.77. The number of nitrogens with one attached hydrogen (secondary N) is 2. The largest absolute Gasteiger partial charge is 0.484 e. The quantitative estimate of drug-likeness (QED) is 0.213. The minimum absolute atomic E-state index is 0.0323. The zero-order chi connectivity index (χ0) is 28.0. The van der Waals surface area contributed by atoms with Crippen molar-refractivity contribution in [3.8, 4) is 5.75 Å². The van der Waals surface area contributed by atoms with Crippen LogP contribution in [0.1, 0.15) is 6.42 Å². The number of furan rings is 1. The van der Waals surface area contributed by atoms with Gasteiger partial charge in [-0.25, -0.2) is 0 Å². The first kappa shape index (κ1) is 27.7. The molecule has 2 N–H and O–H groups in total. The lowest BCUT2D eigenvalue weighted by molar-refractivity contribution is -0.616. The number of benzene rings is 2. The molecule has 0 radical (unpaired) electrons. The number of carbonyl (C=O) groups is 1. The Morgan fingerprint density at radius 2 is 1.66 bits per heavy atom. The van der Waals surface area contributed by atoms with Crippen molar-refractivity contribution < 1.29 is 28.0 Å². The topological polar surface area (TPSA) is 92.3 Å². The van der Waals surface area contributed by atoms with Gasteiger partial charge in [0.05, 0.1) is 42.9 Å². The second-order valence-corrected chi connectivity index (χ2v) is 10.7. The van der Waals surface area contributed by atoms with Crippen LogP contribution in [0.4, 0.5) is 5.69 Å². The molecule has 41 heavy (non-hydrogen) atoms. The number of nitrogens with zero attached hydrogens (tertiary/aromatic N) is 3. The monoisotopic (exact) mass is 562 g/mol. The number of anilines is 1. The molecular formula is C31H40N5O5+. The first-order valence-electron chi connectivity index (χ1n) is 14.7. The zero-order valence-electron chi connectivity index (χ0n) is 23.8. The molecule has 2 aliphatic heterocycles. The average Bonchev–Trinajstić information content (AvgIpc) is 3.40. The van der Waals surface area contributed by atoms with Crippen molar-refractivity contribution in [3.05, 3.63) is 42.5 Å². The number of morpholine rings is 2. The number of ether oxygens (including phenoxy) is 3. The molecule has 1 amide bonds. The van der Waals surface area contributed by atoms with Gasteiger partial charge < -0.3 is 29.3 Å². The summed E-state index contributed by atoms with van der Waals surface area (Å²) >= 11 is 0. The highest BCUT2D eigenvalue weighted by Gasteiger charge is 2.25. The third-order valence-electron chi connectivity index (χ3n) is 8.01. The number of pyridine rings is 1. The minimum Gasteiger partial charge on any atom is -0.484 e. The Morgan fingerprint density at radius 3 is 2.44 bits per heavy atom. The number of aryl methyl sites for hydroxylation is 1. The fraction of sp³-hybridized carbons (Fsp3) is 0.484. The normalized spacial score (nSPS) is 16.9. The lowest BCUT2D eigenvalue weighted by atomic mass is 10.1. The van der Waals surface area contributed by atoms with Crippen LogP contribution in [-0.4, -0.2) is 101 Å². The summed E-state index contributed by atoms with van der Waals surface area (Å²) in [5.41, 5.74) is 4.73. The molecule has 4 aromatic rings. The van der Waals surface area contributed by atoms with Crippen molar-refractivity contribution in [1.82, 2.24) is 15.1 Å². The summed E-state index contributed by atoms with van der Waals surface area (Å²) in [7, 11) is 2.07. The third kappa shape index (κ3) is 6.41. The van der Waals surface area contributed by atoms with Gasteiger partial charge in [0.1, 0.15) is 18.4 Å². The number of fused-ring (bicyclic) bond motifs is 4. The van der Waals surface area contributed by atoms with E-state index in [1.165, 1.54) is 0 Å². The van der Waals surface area contributed by atoms with Crippen LogP contribution in [0.25, 0.3) is 33.0 Å². The molecular weight excluding hydrogens is 522 g/mol. The number of para-hydroxylation sites is 1. The molecule has 6 rings (SSSR count). The summed E-state index contributed by atoms with van der Waals surface area (Å²) in [6, 6.07) is 14.2. The SMILES string of the molecule is C[n+]1c2ccccc2c(NCCCN2CCOCC2)c2oc3ccc(OCC(=O)NCCN4CCOCC4)cc3c21. The Balaban J connectivity index is 1.17. The average molecular weight is 563 g/mol. The van der Waals surface area contributed by atoms with E-state index in [2.05, 4.69) is 56.3 Å². The highest BCUT2D eigenvalue weighted by molar-refractivity contribution is 6.11. The van der Waals surface area contributed by atoms with E-state index in [0.717, 1.165) is 117 Å². The molecule has 218 valence electrons. The number of rotatable bonds is 11. The minimum atomic E-state index is -0.129. The van der Waals surface area contributed by atoms with Crippen LogP contribution >= 0.6 is 0 Å². The van der Waals surface area contributed by atoms with Crippen molar-refractivity contribution in [1.29, 1.82) is 0 Å². The van der Waals surface area contributed by atoms with Crippen LogP contribution in [-0.2, 0) is 21.3 Å². The first-order valence-corrected chi connectivity index (χ1v) is 14.7. The molecule has 10 nitrogen and oxygen atoms in total. The molecule has 2 aliphatic rings. The standard InChI is InChI=1S/C31H39N5O5/c1-34-26-6-3-2-5-24(26)29(33-9-4-11-35-13-17-38-18-14-35)31-30(34)25-21-23(7-8-27(25)41-31)40-22-28(37)32-10-12-36-15-19-39-20-16-36/h2-3,5-8,21H,4,9-20,22H2,1H3,(H,32,37)/p+1. The highest BCUT2D eigenvalue weighted by Crippen LogP contribution is 2.37. The molecule has 10 heteroatoms. The summed E-state index contributed by atoms with van der Waals surface area (Å²) < 4.78 is 25.4. The van der Waals surface area contributed by atoms with E-state index in [1.807, 2.05) is 18.2 Å². The van der Waals surface area contributed by atoms with Crippen molar-refractivity contribution in [2.75, 3.05) is 90.7 Å². The van der Waals surface area contributed by atoms with Crippen molar-refractivity contribution >= 4 is 44.6 Å². The molecule has 2 aromatic carbocycles. The summed E-state index contributed by atoms with van der Waals surface area (Å²) in [6.45, 7) is 10.2. The van der Waals surface area contributed by atoms with Crippen molar-refractivity contribution in [2.24, 2.45) is 7.05 Å². The Morgan fingerprint density at radius 1 is 0.927 bits per heavy atom. The van der Waals surface area contributed by atoms with Crippen LogP contribution in [0.2, 0.25) is 0 Å². The smallest absolute Gasteiger partial charge is 0.261 e. The Hall–Kier alpha value is -3.44. The molecule has 0 aliphatic carbocycles. The van der Waals surface area contributed by atoms with E-state index in [1.54, 1.807) is 0 Å². The van der Waals surface area contributed by atoms with Gasteiger partial charge in [0.25, 0.3) is 11.4 Å². The first-order chi connectivity index (χ1) is 20.2. The molecule has 2 fully saturated rings. The maximum atomic E-state index is 12.4. The second-order valence-electron chi connectivity index (χ2n) is 10.7. The van der Waals surface area contributed by atoms with Crippen molar-refractivity contribution in [2.45, 2.75) is 6.42 Å². The van der Waals surface area contributed by atoms with Gasteiger partial charge in [-0.15, -0.1) is 0 Å². The second kappa shape index (κ2) is 13.0. The van der Waals surface area contributed by atoms with Gasteiger partial charge in [-0.3, -0.25) is 14.6 Å². The molecule has 0 saturated carbocycles. The summed E-state index contributed by atoms with van der Waals surface area (Å²) in [4.78, 5) is 17.2. The van der Waals surface area contributed by atoms with E-state index in [4.69, 9.17) is 18.6 Å². The molecule has 0 unspecified atom stereocenters. The molecule has 2 saturated heterocycles. The predicted octanol–water partition coefficient (Wildman–Crippen LogP) is 2.53. The van der Waals surface area contributed by atoms with Gasteiger partial charge in [0, 0.05) is 51.9 Å². The molecule has 0 atom stereocenters. The lowest BCUT2D eigenvalue weighted by Gasteiger charge is -2.26. The van der Waals surface area contributed by atoms with Crippen LogP contribution in [0.5, 0.6) is 5.75 Å². The van der Waals surface area contributed by atoms with Gasteiger partial charge in [0.15, 0.2) is 6.61 Å². The zero-order valence-corrected chi connectivity index (χ0v) is 23.8. The fourth-order valence-electron chi connectivity index (χ4n) is 5.77. The lowest BCUT2D eigenvalue weighted by Crippen LogP contribution is -2.42.